The lowest BCUT2D eigenvalue weighted by molar-refractivity contribution is 0.103. The van der Waals surface area contributed by atoms with E-state index in [2.05, 4.69) is 17.2 Å². The van der Waals surface area contributed by atoms with E-state index in [9.17, 15) is 25.5 Å². The van der Waals surface area contributed by atoms with Crippen LogP contribution in [0, 0.1) is 5.92 Å². The Labute approximate surface area is 267 Å². The molecule has 4 rings (SSSR count). The number of unbranched alkanes of at least 4 members (excludes halogenated alkanes) is 1. The summed E-state index contributed by atoms with van der Waals surface area (Å²) >= 11 is 0. The van der Waals surface area contributed by atoms with Crippen molar-refractivity contribution < 1.29 is 34.7 Å². The van der Waals surface area contributed by atoms with Crippen LogP contribution in [0.4, 0.5) is 0 Å². The summed E-state index contributed by atoms with van der Waals surface area (Å²) < 4.78 is 11.9. The van der Waals surface area contributed by atoms with Crippen molar-refractivity contribution in [1.29, 1.82) is 0 Å². The average molecular weight is 627 g/mol. The fraction of sp³-hybridized carbons (Fsp3) is 0.611. The molecule has 2 aromatic heterocycles. The summed E-state index contributed by atoms with van der Waals surface area (Å²) in [6, 6.07) is 9.31. The fourth-order valence-corrected chi connectivity index (χ4v) is 6.70. The van der Waals surface area contributed by atoms with E-state index in [1.807, 2.05) is 24.4 Å². The molecule has 4 atom stereocenters. The van der Waals surface area contributed by atoms with Gasteiger partial charge in [0.15, 0.2) is 11.5 Å². The SMILES string of the molecule is CCCCc1oc(CCc2ccc(O)c(OCC(O)c3cc(C(C4CCCC4)C(CCCO)NCC(C)O)c[nH]3)c2)cc1CO. The molecule has 0 saturated heterocycles. The zero-order valence-corrected chi connectivity index (χ0v) is 27.0. The maximum absolute atomic E-state index is 11.1. The zero-order chi connectivity index (χ0) is 32.2. The quantitative estimate of drug-likeness (QED) is 0.0877. The Bertz CT molecular complexity index is 1280. The molecule has 1 aliphatic rings. The molecule has 0 radical (unpaired) electrons. The van der Waals surface area contributed by atoms with E-state index in [1.54, 1.807) is 19.1 Å². The summed E-state index contributed by atoms with van der Waals surface area (Å²) in [6.07, 6.45) is 11.0. The minimum atomic E-state index is -0.922. The third-order valence-corrected chi connectivity index (χ3v) is 9.12. The molecular formula is C36H54N2O7. The highest BCUT2D eigenvalue weighted by Gasteiger charge is 2.33. The topological polar surface area (TPSA) is 151 Å². The lowest BCUT2D eigenvalue weighted by atomic mass is 9.78. The number of aliphatic hydroxyl groups excluding tert-OH is 4. The van der Waals surface area contributed by atoms with E-state index in [4.69, 9.17) is 9.15 Å². The van der Waals surface area contributed by atoms with Gasteiger partial charge >= 0.3 is 0 Å². The van der Waals surface area contributed by atoms with E-state index < -0.39 is 12.2 Å². The van der Waals surface area contributed by atoms with Crippen molar-refractivity contribution in [1.82, 2.24) is 10.3 Å². The van der Waals surface area contributed by atoms with E-state index in [1.165, 1.54) is 12.8 Å². The highest BCUT2D eigenvalue weighted by atomic mass is 16.5. The molecule has 1 fully saturated rings. The highest BCUT2D eigenvalue weighted by Crippen LogP contribution is 2.41. The molecule has 0 aliphatic heterocycles. The highest BCUT2D eigenvalue weighted by molar-refractivity contribution is 5.42. The number of rotatable bonds is 20. The Kier molecular flexibility index (Phi) is 13.8. The molecule has 1 saturated carbocycles. The van der Waals surface area contributed by atoms with Crippen molar-refractivity contribution in [2.45, 2.75) is 115 Å². The minimum Gasteiger partial charge on any atom is -0.504 e. The average Bonchev–Trinajstić information content (AvgIpc) is 3.82. The standard InChI is InChI=1S/C36H54N2O7/c1-3-4-11-34-28(22-40)18-29(45-34)14-12-25-13-15-32(42)35(17-25)44-23-33(43)31-19-27(21-38-31)36(26-8-5-6-9-26)30(10-7-16-39)37-20-24(2)41/h13,15,17-19,21,24,26,30,33,36-43H,3-12,14,16,20,22-23H2,1-2H3. The molecule has 0 bridgehead atoms. The van der Waals surface area contributed by atoms with Crippen LogP contribution in [0.1, 0.15) is 111 Å². The van der Waals surface area contributed by atoms with Crippen LogP contribution in [0.15, 0.2) is 40.9 Å². The lowest BCUT2D eigenvalue weighted by Crippen LogP contribution is -2.41. The minimum absolute atomic E-state index is 0.0118. The monoisotopic (exact) mass is 626 g/mol. The second-order valence-corrected chi connectivity index (χ2v) is 12.7. The molecule has 7 N–H and O–H groups in total. The van der Waals surface area contributed by atoms with Gasteiger partial charge in [0, 0.05) is 55.4 Å². The summed E-state index contributed by atoms with van der Waals surface area (Å²) in [5, 5.41) is 54.3. The molecule has 2 heterocycles. The molecule has 1 aliphatic carbocycles. The van der Waals surface area contributed by atoms with Gasteiger partial charge in [-0.25, -0.2) is 0 Å². The number of nitrogens with one attached hydrogen (secondary N) is 2. The van der Waals surface area contributed by atoms with Crippen molar-refractivity contribution in [3.8, 4) is 11.5 Å². The Morgan fingerprint density at radius 2 is 1.84 bits per heavy atom. The third-order valence-electron chi connectivity index (χ3n) is 9.12. The third kappa shape index (κ3) is 10.1. The van der Waals surface area contributed by atoms with Crippen molar-refractivity contribution >= 4 is 0 Å². The largest absolute Gasteiger partial charge is 0.504 e. The van der Waals surface area contributed by atoms with Crippen LogP contribution >= 0.6 is 0 Å². The number of H-pyrrole nitrogens is 1. The van der Waals surface area contributed by atoms with Gasteiger partial charge in [-0.2, -0.15) is 0 Å². The first-order valence-electron chi connectivity index (χ1n) is 16.9. The summed E-state index contributed by atoms with van der Waals surface area (Å²) in [5.41, 5.74) is 3.58. The maximum atomic E-state index is 11.1. The number of benzene rings is 1. The Balaban J connectivity index is 1.40. The number of aromatic hydroxyl groups is 1. The van der Waals surface area contributed by atoms with Crippen molar-refractivity contribution in [3.63, 3.8) is 0 Å². The predicted molar refractivity (Wildman–Crippen MR) is 174 cm³/mol. The molecule has 45 heavy (non-hydrogen) atoms. The Morgan fingerprint density at radius 3 is 2.56 bits per heavy atom. The molecule has 250 valence electrons. The summed E-state index contributed by atoms with van der Waals surface area (Å²) in [6.45, 7) is 4.45. The summed E-state index contributed by atoms with van der Waals surface area (Å²) in [7, 11) is 0. The molecule has 1 aromatic carbocycles. The van der Waals surface area contributed by atoms with Crippen LogP contribution in [0.3, 0.4) is 0 Å². The van der Waals surface area contributed by atoms with Crippen molar-refractivity contribution in [2.75, 3.05) is 19.8 Å². The van der Waals surface area contributed by atoms with Crippen LogP contribution in [0.2, 0.25) is 0 Å². The summed E-state index contributed by atoms with van der Waals surface area (Å²) in [5.74, 6) is 2.70. The predicted octanol–water partition coefficient (Wildman–Crippen LogP) is 5.43. The van der Waals surface area contributed by atoms with Crippen molar-refractivity contribution in [2.24, 2.45) is 5.92 Å². The Morgan fingerprint density at radius 1 is 1.04 bits per heavy atom. The van der Waals surface area contributed by atoms with Crippen LogP contribution in [0.5, 0.6) is 11.5 Å². The first kappa shape index (κ1) is 35.0. The number of phenolic OH excluding ortho intramolecular Hbond substituents is 1. The van der Waals surface area contributed by atoms with Gasteiger partial charge in [0.05, 0.1) is 12.7 Å². The number of hydrogen-bond donors (Lipinski definition) is 7. The zero-order valence-electron chi connectivity index (χ0n) is 27.0. The second-order valence-electron chi connectivity index (χ2n) is 12.7. The van der Waals surface area contributed by atoms with Gasteiger partial charge in [-0.05, 0) is 86.8 Å². The first-order chi connectivity index (χ1) is 21.8. The molecular weight excluding hydrogens is 572 g/mol. The number of ether oxygens (including phenoxy) is 1. The number of aromatic nitrogens is 1. The Hall–Kier alpha value is -2.82. The molecule has 4 unspecified atom stereocenters. The number of aliphatic hydroxyl groups is 4. The molecule has 9 nitrogen and oxygen atoms in total. The second kappa shape index (κ2) is 17.8. The number of phenols is 1. The number of aryl methyl sites for hydroxylation is 3. The van der Waals surface area contributed by atoms with Crippen molar-refractivity contribution in [3.05, 3.63) is 70.4 Å². The van der Waals surface area contributed by atoms with Gasteiger partial charge in [-0.1, -0.05) is 32.3 Å². The van der Waals surface area contributed by atoms with Gasteiger partial charge in [-0.15, -0.1) is 0 Å². The maximum Gasteiger partial charge on any atom is 0.161 e. The molecule has 0 spiro atoms. The lowest BCUT2D eigenvalue weighted by Gasteiger charge is -2.33. The van der Waals surface area contributed by atoms with Gasteiger partial charge < -0.3 is 45.0 Å². The van der Waals surface area contributed by atoms with Gasteiger partial charge in [0.1, 0.15) is 24.2 Å². The normalized spacial score (nSPS) is 16.6. The smallest absolute Gasteiger partial charge is 0.161 e. The summed E-state index contributed by atoms with van der Waals surface area (Å²) in [4.78, 5) is 3.26. The molecule has 0 amide bonds. The fourth-order valence-electron chi connectivity index (χ4n) is 6.70. The van der Waals surface area contributed by atoms with Gasteiger partial charge in [-0.3, -0.25) is 0 Å². The van der Waals surface area contributed by atoms with Crippen LogP contribution in [-0.2, 0) is 25.9 Å². The number of furan rings is 1. The van der Waals surface area contributed by atoms with Crippen LogP contribution in [0.25, 0.3) is 0 Å². The van der Waals surface area contributed by atoms with E-state index in [0.717, 1.165) is 66.7 Å². The van der Waals surface area contributed by atoms with Gasteiger partial charge in [0.2, 0.25) is 0 Å². The van der Waals surface area contributed by atoms with E-state index in [-0.39, 0.29) is 37.5 Å². The first-order valence-corrected chi connectivity index (χ1v) is 16.9. The van der Waals surface area contributed by atoms with Gasteiger partial charge in [0.25, 0.3) is 0 Å². The molecule has 3 aromatic rings. The van der Waals surface area contributed by atoms with Crippen LogP contribution in [-0.4, -0.2) is 62.4 Å². The van der Waals surface area contributed by atoms with E-state index in [0.29, 0.717) is 43.2 Å². The number of hydrogen-bond acceptors (Lipinski definition) is 8. The molecule has 9 heteroatoms. The van der Waals surface area contributed by atoms with Crippen LogP contribution < -0.4 is 10.1 Å². The number of aromatic amines is 1. The van der Waals surface area contributed by atoms with E-state index >= 15 is 0 Å².